The Morgan fingerprint density at radius 2 is 1.60 bits per heavy atom. The van der Waals surface area contributed by atoms with Gasteiger partial charge in [-0.15, -0.1) is 0 Å². The molecule has 0 saturated carbocycles. The second-order valence-electron chi connectivity index (χ2n) is 16.0. The number of fused-ring (bicyclic) bond motifs is 1. The molecule has 2 unspecified atom stereocenters. The number of aromatic nitrogens is 2. The number of nitrogens with one attached hydrogen (secondary N) is 2. The Labute approximate surface area is 328 Å². The Morgan fingerprint density at radius 3 is 2.31 bits per heavy atom. The number of nitrogens with zero attached hydrogens (tertiary/aromatic N) is 6. The lowest BCUT2D eigenvalue weighted by Gasteiger charge is -2.47. The summed E-state index contributed by atoms with van der Waals surface area (Å²) in [5.41, 5.74) is 4.07. The standard InChI is InChI=1S/C40H47BrN8O6/c1-45-22-26(19-27(23-45)43-31-21-42-46(2)39(55)34(31)41)24-3-5-25(6-4-24)36(52)48-17-13-40(14-18-48)11-15-47(16-12-40)28-7-8-29-30(20-28)38(54)49(37(29)53)32-9-10-33(50)44-35(32)51/h3-8,20-21,26-27,32-33,43,50H,9-19,22-23H2,1-2H3,(H,44,51)/t26-,27+,32?,33?/m1/s1. The van der Waals surface area contributed by atoms with Crippen LogP contribution in [0.15, 0.2) is 57.9 Å². The van der Waals surface area contributed by atoms with Crippen molar-refractivity contribution >= 4 is 50.9 Å². The summed E-state index contributed by atoms with van der Waals surface area (Å²) in [4.78, 5) is 72.7. The van der Waals surface area contributed by atoms with Gasteiger partial charge in [-0.05, 0) is 115 Å². The maximum Gasteiger partial charge on any atom is 0.282 e. The van der Waals surface area contributed by atoms with Crippen molar-refractivity contribution < 1.29 is 24.3 Å². The zero-order valence-corrected chi connectivity index (χ0v) is 32.8. The number of aliphatic hydroxyl groups is 1. The summed E-state index contributed by atoms with van der Waals surface area (Å²) < 4.78 is 1.78. The van der Waals surface area contributed by atoms with Gasteiger partial charge in [-0.3, -0.25) is 28.9 Å². The van der Waals surface area contributed by atoms with Gasteiger partial charge in [0.25, 0.3) is 23.3 Å². The van der Waals surface area contributed by atoms with Crippen molar-refractivity contribution in [3.05, 3.63) is 85.7 Å². The van der Waals surface area contributed by atoms with Crippen molar-refractivity contribution in [1.82, 2.24) is 29.8 Å². The molecule has 2 aromatic carbocycles. The fourth-order valence-corrected chi connectivity index (χ4v) is 9.73. The summed E-state index contributed by atoms with van der Waals surface area (Å²) in [6, 6.07) is 12.7. The molecule has 0 bridgehead atoms. The number of piperidine rings is 4. The maximum atomic E-state index is 13.7. The van der Waals surface area contributed by atoms with Crippen LogP contribution in [0.4, 0.5) is 11.4 Å². The maximum absolute atomic E-state index is 13.7. The van der Waals surface area contributed by atoms with E-state index in [1.165, 1.54) is 10.2 Å². The summed E-state index contributed by atoms with van der Waals surface area (Å²) in [5, 5.41) is 19.9. The number of halogens is 1. The minimum Gasteiger partial charge on any atom is -0.379 e. The van der Waals surface area contributed by atoms with Crippen molar-refractivity contribution in [3.63, 3.8) is 0 Å². The molecule has 8 rings (SSSR count). The Balaban J connectivity index is 0.843. The van der Waals surface area contributed by atoms with Crippen LogP contribution in [0.2, 0.25) is 0 Å². The summed E-state index contributed by atoms with van der Waals surface area (Å²) in [5.74, 6) is -1.11. The van der Waals surface area contributed by atoms with Crippen LogP contribution in [-0.4, -0.2) is 118 Å². The van der Waals surface area contributed by atoms with E-state index in [1.54, 1.807) is 25.4 Å². The van der Waals surface area contributed by atoms with E-state index < -0.39 is 30.0 Å². The number of likely N-dealkylation sites (N-methyl/N-ethyl adjacent to an activating group) is 1. The number of rotatable bonds is 6. The highest BCUT2D eigenvalue weighted by Crippen LogP contribution is 2.43. The van der Waals surface area contributed by atoms with Gasteiger partial charge in [-0.25, -0.2) is 4.68 Å². The van der Waals surface area contributed by atoms with Crippen molar-refractivity contribution in [1.29, 1.82) is 0 Å². The summed E-state index contributed by atoms with van der Waals surface area (Å²) in [7, 11) is 3.73. The first-order valence-corrected chi connectivity index (χ1v) is 20.0. The van der Waals surface area contributed by atoms with Crippen LogP contribution < -0.4 is 21.1 Å². The van der Waals surface area contributed by atoms with Gasteiger partial charge in [0.1, 0.15) is 16.7 Å². The molecule has 6 heterocycles. The predicted octanol–water partition coefficient (Wildman–Crippen LogP) is 3.16. The van der Waals surface area contributed by atoms with Gasteiger partial charge < -0.3 is 30.4 Å². The summed E-state index contributed by atoms with van der Waals surface area (Å²) >= 11 is 3.42. The summed E-state index contributed by atoms with van der Waals surface area (Å²) in [6.07, 6.45) is 5.94. The third kappa shape index (κ3) is 7.17. The lowest BCUT2D eigenvalue weighted by atomic mass is 9.71. The van der Waals surface area contributed by atoms with E-state index in [0.29, 0.717) is 39.9 Å². The molecule has 1 aromatic heterocycles. The van der Waals surface area contributed by atoms with Crippen molar-refractivity contribution in [2.24, 2.45) is 12.5 Å². The predicted molar refractivity (Wildman–Crippen MR) is 209 cm³/mol. The molecular weight excluding hydrogens is 768 g/mol. The smallest absolute Gasteiger partial charge is 0.282 e. The number of aliphatic hydroxyl groups excluding tert-OH is 1. The molecule has 5 aliphatic rings. The molecule has 15 heteroatoms. The highest BCUT2D eigenvalue weighted by Gasteiger charge is 2.45. The van der Waals surface area contributed by atoms with Crippen LogP contribution in [0.25, 0.3) is 0 Å². The minimum atomic E-state index is -0.964. The van der Waals surface area contributed by atoms with E-state index in [4.69, 9.17) is 0 Å². The number of likely N-dealkylation sites (tertiary alicyclic amines) is 2. The van der Waals surface area contributed by atoms with E-state index in [2.05, 4.69) is 60.6 Å². The lowest BCUT2D eigenvalue weighted by molar-refractivity contribution is -0.131. The molecule has 4 saturated heterocycles. The third-order valence-corrected chi connectivity index (χ3v) is 13.3. The number of carbonyl (C=O) groups is 4. The van der Waals surface area contributed by atoms with Crippen molar-refractivity contribution in [2.75, 3.05) is 56.5 Å². The SMILES string of the molecule is CN1C[C@@H](Nc2cnn(C)c(=O)c2Br)C[C@@H](c2ccc(C(=O)N3CCC4(CC3)CCN(c3ccc5c(c3)C(=O)N(C3CCC(O)NC3=O)C5=O)CC4)cc2)C1. The number of imide groups is 1. The molecule has 3 aromatic rings. The van der Waals surface area contributed by atoms with E-state index in [-0.39, 0.29) is 41.7 Å². The lowest BCUT2D eigenvalue weighted by Crippen LogP contribution is -2.55. The Bertz CT molecular complexity index is 2070. The molecule has 4 amide bonds. The van der Waals surface area contributed by atoms with E-state index in [9.17, 15) is 29.1 Å². The Hall–Kier alpha value is -4.60. The zero-order chi connectivity index (χ0) is 38.6. The molecular formula is C40H47BrN8O6. The molecule has 4 atom stereocenters. The van der Waals surface area contributed by atoms with Gasteiger partial charge in [0.2, 0.25) is 5.91 Å². The van der Waals surface area contributed by atoms with Gasteiger partial charge in [0.05, 0.1) is 23.0 Å². The van der Waals surface area contributed by atoms with Crippen LogP contribution in [0.5, 0.6) is 0 Å². The third-order valence-electron chi connectivity index (χ3n) is 12.5. The first kappa shape index (κ1) is 37.3. The first-order valence-electron chi connectivity index (χ1n) is 19.2. The highest BCUT2D eigenvalue weighted by atomic mass is 79.9. The van der Waals surface area contributed by atoms with Crippen molar-refractivity contribution in [2.45, 2.75) is 69.2 Å². The molecule has 5 aliphatic heterocycles. The average molecular weight is 816 g/mol. The molecule has 4 fully saturated rings. The number of aryl methyl sites for hydroxylation is 1. The van der Waals surface area contributed by atoms with Crippen LogP contribution in [0.1, 0.15) is 87.5 Å². The van der Waals surface area contributed by atoms with Gasteiger partial charge in [-0.2, -0.15) is 5.10 Å². The van der Waals surface area contributed by atoms with E-state index in [0.717, 1.165) is 68.9 Å². The average Bonchev–Trinajstić information content (AvgIpc) is 3.43. The number of hydrogen-bond acceptors (Lipinski definition) is 10. The van der Waals surface area contributed by atoms with Crippen LogP contribution in [0, 0.1) is 5.41 Å². The number of benzene rings is 2. The zero-order valence-electron chi connectivity index (χ0n) is 31.2. The molecule has 290 valence electrons. The second-order valence-corrected chi connectivity index (χ2v) is 16.8. The minimum absolute atomic E-state index is 0.0652. The van der Waals surface area contributed by atoms with E-state index in [1.807, 2.05) is 23.1 Å². The molecule has 3 N–H and O–H groups in total. The van der Waals surface area contributed by atoms with Gasteiger partial charge in [-0.1, -0.05) is 12.1 Å². The van der Waals surface area contributed by atoms with Crippen LogP contribution in [-0.2, 0) is 11.8 Å². The normalized spacial score (nSPS) is 25.6. The topological polar surface area (TPSA) is 160 Å². The van der Waals surface area contributed by atoms with Gasteiger partial charge in [0, 0.05) is 63.6 Å². The monoisotopic (exact) mass is 814 g/mol. The van der Waals surface area contributed by atoms with Crippen LogP contribution in [0.3, 0.4) is 0 Å². The molecule has 0 aliphatic carbocycles. The molecule has 14 nitrogen and oxygen atoms in total. The largest absolute Gasteiger partial charge is 0.379 e. The Kier molecular flexibility index (Phi) is 10.1. The number of amides is 4. The summed E-state index contributed by atoms with van der Waals surface area (Å²) in [6.45, 7) is 4.80. The second kappa shape index (κ2) is 14.8. The van der Waals surface area contributed by atoms with Crippen LogP contribution >= 0.6 is 15.9 Å². The molecule has 55 heavy (non-hydrogen) atoms. The number of hydrogen-bond donors (Lipinski definition) is 3. The molecule has 1 spiro atoms. The number of anilines is 2. The highest BCUT2D eigenvalue weighted by molar-refractivity contribution is 9.10. The first-order chi connectivity index (χ1) is 26.4. The van der Waals surface area contributed by atoms with Crippen molar-refractivity contribution in [3.8, 4) is 0 Å². The van der Waals surface area contributed by atoms with Gasteiger partial charge in [0.15, 0.2) is 0 Å². The quantitative estimate of drug-likeness (QED) is 0.316. The fourth-order valence-electron chi connectivity index (χ4n) is 9.25. The molecule has 0 radical (unpaired) electrons. The van der Waals surface area contributed by atoms with E-state index >= 15 is 0 Å². The Morgan fingerprint density at radius 1 is 0.909 bits per heavy atom. The van der Waals surface area contributed by atoms with Gasteiger partial charge >= 0.3 is 0 Å². The fraction of sp³-hybridized carbons (Fsp3) is 0.500. The number of carbonyl (C=O) groups excluding carboxylic acids is 4.